The number of aromatic nitrogens is 2. The number of hydrogen-bond donors (Lipinski definition) is 9. The molecule has 1 aromatic heterocycles. The largest absolute Gasteiger partial charge is 2.00 e. The van der Waals surface area contributed by atoms with E-state index in [0.717, 1.165) is 11.1 Å². The van der Waals surface area contributed by atoms with E-state index in [0.29, 0.717) is 56.4 Å². The first kappa shape index (κ1) is 71.9. The summed E-state index contributed by atoms with van der Waals surface area (Å²) >= 11 is 0. The van der Waals surface area contributed by atoms with Crippen molar-refractivity contribution < 1.29 is 83.8 Å². The van der Waals surface area contributed by atoms with Crippen molar-refractivity contribution in [3.8, 4) is 0 Å². The average Bonchev–Trinajstić information content (AvgIpc) is 1.53. The number of primary amides is 6. The van der Waals surface area contributed by atoms with E-state index in [1.54, 1.807) is 6.92 Å². The molecule has 2 aromatic rings. The van der Waals surface area contributed by atoms with Crippen molar-refractivity contribution >= 4 is 77.3 Å². The van der Waals surface area contributed by atoms with E-state index >= 15 is 0 Å². The first-order valence-corrected chi connectivity index (χ1v) is 32.0. The number of ether oxygens (including phenoxy) is 1. The molecule has 8 rings (SSSR count). The number of benzene rings is 1. The van der Waals surface area contributed by atoms with Crippen LogP contribution in [0, 0.1) is 59.2 Å². The minimum Gasteiger partial charge on any atom is -0.756 e. The van der Waals surface area contributed by atoms with Crippen molar-refractivity contribution in [1.29, 1.82) is 0 Å². The number of hydrogen-bond acceptors (Lipinski definition) is 18. The van der Waals surface area contributed by atoms with Crippen LogP contribution >= 0.6 is 7.82 Å². The number of carbonyl (C=O) groups excluding carboxylic acids is 7. The fraction of sp³-hybridized carbons (Fsp3) is 0.629. The third-order valence-electron chi connectivity index (χ3n) is 20.5. The molecule has 6 aliphatic rings. The summed E-state index contributed by atoms with van der Waals surface area (Å²) in [6, 6.07) is 2.65. The molecular formula is C62H88CoN13O14P. The van der Waals surface area contributed by atoms with Gasteiger partial charge in [0.15, 0.2) is 6.23 Å². The molecule has 8 bridgehead atoms. The van der Waals surface area contributed by atoms with Gasteiger partial charge in [-0.3, -0.25) is 53.1 Å². The molecule has 6 aliphatic heterocycles. The number of allylic oxidation sites excluding steroid dienone is 6. The minimum atomic E-state index is -5.32. The number of nitrogens with zero attached hydrogens (tertiary/aromatic N) is 6. The van der Waals surface area contributed by atoms with E-state index < -0.39 is 143 Å². The maximum atomic E-state index is 14.4. The van der Waals surface area contributed by atoms with Crippen LogP contribution in [0.4, 0.5) is 0 Å². The molecule has 91 heavy (non-hydrogen) atoms. The zero-order chi connectivity index (χ0) is 66.7. The number of aryl methyl sites for hydroxylation is 2. The summed E-state index contributed by atoms with van der Waals surface area (Å²) in [6.07, 6.45) is -4.79. The second kappa shape index (κ2) is 26.8. The second-order valence-corrected chi connectivity index (χ2v) is 28.3. The minimum absolute atomic E-state index is 0. The Morgan fingerprint density at radius 1 is 0.791 bits per heavy atom. The maximum Gasteiger partial charge on any atom is 2.00 e. The number of aliphatic imine (C=N–C) groups is 3. The van der Waals surface area contributed by atoms with Gasteiger partial charge in [0.1, 0.15) is 18.3 Å². The van der Waals surface area contributed by atoms with E-state index in [-0.39, 0.29) is 94.0 Å². The molecule has 0 spiro atoms. The Morgan fingerprint density at radius 2 is 1.38 bits per heavy atom. The van der Waals surface area contributed by atoms with Gasteiger partial charge in [-0.25, -0.2) is 4.98 Å². The van der Waals surface area contributed by atoms with E-state index in [4.69, 9.17) is 68.5 Å². The fourth-order valence-corrected chi connectivity index (χ4v) is 16.4. The summed E-state index contributed by atoms with van der Waals surface area (Å²) in [6.45, 7) is 19.0. The van der Waals surface area contributed by atoms with Crippen molar-refractivity contribution in [3.05, 3.63) is 69.2 Å². The Labute approximate surface area is 539 Å². The number of phosphoric ester groups is 1. The number of fused-ring (bicyclic) bond motifs is 7. The summed E-state index contributed by atoms with van der Waals surface area (Å²) in [5, 5.41) is 30.1. The quantitative estimate of drug-likeness (QED) is 0.0610. The van der Waals surface area contributed by atoms with Crippen LogP contribution in [0.2, 0.25) is 0 Å². The molecule has 5 unspecified atom stereocenters. The first-order chi connectivity index (χ1) is 41.8. The maximum absolute atomic E-state index is 14.4. The number of aliphatic hydroxyl groups excluding tert-OH is 2. The SMILES string of the molecule is C/C1=C2/[N-]C([C@H](CC(N)=O)[C@@]2(C)CCC(=O)NCC(C)OP(=O)([O-])OC2C(O)[C@@H](n3cnc4cc(C)c(C)cc43)O[C@H]2CO)[C@]2(C)N=C(/C(C)=C3N=C(/C=C4N=C1[C@@H](CCC(N)=O)C\4(C)C)[C@@H](CCC(N)=O)[C@]\3(C)CC(N)=O)[C@@H](CCC(N)=O)[C@]2(C)CC(N)=O.[Co+2]. The first-order valence-electron chi connectivity index (χ1n) is 30.5. The standard InChI is InChI=1S/C62H90N13O14P.Co/c1-29-20-39-40(21-30(29)2)75(28-70-39)57-52(84)53(41(27-76)87-57)89-90(85,86)88-31(3)26-69-49(83)18-19-59(8)37(22-46(66)80)56-62(11)61(10,25-48(68)82)36(14-17-45(65)79)51(74-62)33(5)55-60(9,24-47(67)81)34(12-15-43(63)77)38(71-55)23-42-58(6,7)35(13-16-44(64)78)50(72-42)32(4)54(59)73-56;/h20-21,23,28,31,34-37,41,52-53,56-57,76,84H,12-19,22,24-27H2,1-11H3,(H15,63,64,65,66,67,68,69,71,72,73,74,77,78,79,80,81,82,83,85,86);/q;+2/p-2/t31?,34-,35-,36-,37+,41+,52?,53?,56?,57+,59-,60+,61+,62+;/m1./s1. The Hall–Kier alpha value is -6.49. The smallest absolute Gasteiger partial charge is 0.756 e. The summed E-state index contributed by atoms with van der Waals surface area (Å²) in [5.41, 5.74) is 36.7. The normalized spacial score (nSPS) is 33.8. The number of carbonyl (C=O) groups is 7. The molecule has 0 aliphatic carbocycles. The van der Waals surface area contributed by atoms with Gasteiger partial charge in [0.25, 0.3) is 7.82 Å². The predicted molar refractivity (Wildman–Crippen MR) is 332 cm³/mol. The molecule has 499 valence electrons. The average molecular weight is 1330 g/mol. The van der Waals surface area contributed by atoms with Gasteiger partial charge in [0, 0.05) is 108 Å². The van der Waals surface area contributed by atoms with Crippen molar-refractivity contribution in [1.82, 2.24) is 14.9 Å². The van der Waals surface area contributed by atoms with Gasteiger partial charge in [-0.1, -0.05) is 40.7 Å². The van der Waals surface area contributed by atoms with Gasteiger partial charge in [-0.05, 0) is 119 Å². The molecule has 27 nitrogen and oxygen atoms in total. The molecule has 0 saturated carbocycles. The number of imidazole rings is 1. The number of amides is 7. The molecular weight excluding hydrogens is 1240 g/mol. The molecule has 1 radical (unpaired) electrons. The van der Waals surface area contributed by atoms with Crippen LogP contribution in [0.1, 0.15) is 150 Å². The number of nitrogens with one attached hydrogen (secondary N) is 1. The van der Waals surface area contributed by atoms with Crippen LogP contribution in [-0.4, -0.2) is 127 Å². The summed E-state index contributed by atoms with van der Waals surface area (Å²) in [5.74, 6) is -7.40. The molecule has 29 heteroatoms. The summed E-state index contributed by atoms with van der Waals surface area (Å²) in [4.78, 5) is 128. The summed E-state index contributed by atoms with van der Waals surface area (Å²) in [7, 11) is -5.32. The van der Waals surface area contributed by atoms with Gasteiger partial charge in [-0.2, -0.15) is 5.70 Å². The number of rotatable bonds is 26. The zero-order valence-electron chi connectivity index (χ0n) is 53.5. The molecule has 2 saturated heterocycles. The summed E-state index contributed by atoms with van der Waals surface area (Å²) < 4.78 is 31.9. The van der Waals surface area contributed by atoms with Crippen LogP contribution in [0.15, 0.2) is 67.8 Å². The molecule has 7 amide bonds. The van der Waals surface area contributed by atoms with Crippen molar-refractivity contribution in [3.63, 3.8) is 0 Å². The van der Waals surface area contributed by atoms with Crippen molar-refractivity contribution in [2.45, 2.75) is 189 Å². The van der Waals surface area contributed by atoms with Crippen molar-refractivity contribution in [2.75, 3.05) is 13.2 Å². The van der Waals surface area contributed by atoms with Crippen molar-refractivity contribution in [2.24, 2.45) is 94.7 Å². The number of nitrogens with two attached hydrogens (primary N) is 6. The molecule has 7 heterocycles. The van der Waals surface area contributed by atoms with Gasteiger partial charge in [0.2, 0.25) is 41.4 Å². The zero-order valence-corrected chi connectivity index (χ0v) is 55.4. The third-order valence-corrected chi connectivity index (χ3v) is 21.6. The van der Waals surface area contributed by atoms with Gasteiger partial charge >= 0.3 is 16.8 Å². The third kappa shape index (κ3) is 13.8. The Kier molecular flexibility index (Phi) is 21.2. The van der Waals surface area contributed by atoms with Crippen LogP contribution in [0.5, 0.6) is 0 Å². The second-order valence-electron chi connectivity index (χ2n) is 27.0. The van der Waals surface area contributed by atoms with E-state index in [2.05, 4.69) is 10.3 Å². The monoisotopic (exact) mass is 1330 g/mol. The van der Waals surface area contributed by atoms with Crippen LogP contribution in [0.25, 0.3) is 16.4 Å². The fourth-order valence-electron chi connectivity index (χ4n) is 15.3. The van der Waals surface area contributed by atoms with Crippen LogP contribution in [-0.2, 0) is 68.7 Å². The van der Waals surface area contributed by atoms with Gasteiger partial charge in [0.05, 0.1) is 41.3 Å². The molecule has 1 aromatic carbocycles. The van der Waals surface area contributed by atoms with E-state index in [1.165, 1.54) is 17.8 Å². The molecule has 15 N–H and O–H groups in total. The van der Waals surface area contributed by atoms with Gasteiger partial charge in [-0.15, -0.1) is 0 Å². The number of phosphoric acid groups is 1. The molecule has 15 atom stereocenters. The Balaban J connectivity index is 0.0000118. The van der Waals surface area contributed by atoms with Crippen LogP contribution < -0.4 is 44.6 Å². The number of aliphatic hydroxyl groups is 2. The Morgan fingerprint density at radius 3 is 1.97 bits per heavy atom. The topological polar surface area (TPSA) is 465 Å². The van der Waals surface area contributed by atoms with E-state index in [1.807, 2.05) is 80.5 Å². The van der Waals surface area contributed by atoms with Crippen LogP contribution in [0.3, 0.4) is 0 Å². The predicted octanol–water partition coefficient (Wildman–Crippen LogP) is 3.31. The van der Waals surface area contributed by atoms with Gasteiger partial charge < -0.3 is 78.5 Å². The Bertz CT molecular complexity index is 3540. The molecule has 2 fully saturated rings. The van der Waals surface area contributed by atoms with E-state index in [9.17, 15) is 53.2 Å².